The summed E-state index contributed by atoms with van der Waals surface area (Å²) in [6, 6.07) is 15.6. The monoisotopic (exact) mass is 250 g/mol. The van der Waals surface area contributed by atoms with Gasteiger partial charge in [-0.3, -0.25) is 4.98 Å². The average molecular weight is 250 g/mol. The second-order valence-electron chi connectivity index (χ2n) is 4.32. The molecule has 2 aromatic heterocycles. The Kier molecular flexibility index (Phi) is 2.76. The van der Waals surface area contributed by atoms with Crippen molar-refractivity contribution in [1.82, 2.24) is 14.8 Å². The molecule has 1 aromatic carbocycles. The molecule has 0 saturated carbocycles. The smallest absolute Gasteiger partial charge is 0.130 e. The van der Waals surface area contributed by atoms with E-state index in [1.54, 1.807) is 10.9 Å². The predicted molar refractivity (Wildman–Crippen MR) is 75.9 cm³/mol. The molecule has 0 aliphatic carbocycles. The second kappa shape index (κ2) is 4.57. The van der Waals surface area contributed by atoms with Crippen LogP contribution in [0.4, 0.5) is 5.82 Å². The molecule has 2 N–H and O–H groups in total. The summed E-state index contributed by atoms with van der Waals surface area (Å²) in [5.74, 6) is 0.645. The van der Waals surface area contributed by atoms with Crippen molar-refractivity contribution in [3.63, 3.8) is 0 Å². The summed E-state index contributed by atoms with van der Waals surface area (Å²) in [4.78, 5) is 4.33. The third-order valence-corrected chi connectivity index (χ3v) is 3.08. The Labute approximate surface area is 111 Å². The van der Waals surface area contributed by atoms with Gasteiger partial charge in [-0.05, 0) is 31.2 Å². The van der Waals surface area contributed by atoms with Crippen molar-refractivity contribution < 1.29 is 0 Å². The summed E-state index contributed by atoms with van der Waals surface area (Å²) < 4.78 is 1.75. The summed E-state index contributed by atoms with van der Waals surface area (Å²) in [6.07, 6.45) is 1.76. The molecule has 0 aliphatic heterocycles. The second-order valence-corrected chi connectivity index (χ2v) is 4.32. The first kappa shape index (κ1) is 11.5. The Hall–Kier alpha value is -2.62. The minimum atomic E-state index is 0.645. The van der Waals surface area contributed by atoms with Gasteiger partial charge in [0, 0.05) is 11.8 Å². The summed E-state index contributed by atoms with van der Waals surface area (Å²) in [6.45, 7) is 1.96. The Balaban J connectivity index is 2.16. The van der Waals surface area contributed by atoms with Crippen LogP contribution in [0.2, 0.25) is 0 Å². The van der Waals surface area contributed by atoms with E-state index in [0.29, 0.717) is 5.82 Å². The fourth-order valence-electron chi connectivity index (χ4n) is 2.02. The summed E-state index contributed by atoms with van der Waals surface area (Å²) >= 11 is 0. The van der Waals surface area contributed by atoms with Crippen LogP contribution in [0.3, 0.4) is 0 Å². The molecule has 2 heterocycles. The van der Waals surface area contributed by atoms with E-state index in [-0.39, 0.29) is 0 Å². The number of nitrogens with two attached hydrogens (primary N) is 1. The van der Waals surface area contributed by atoms with Crippen LogP contribution in [-0.2, 0) is 0 Å². The highest BCUT2D eigenvalue weighted by Crippen LogP contribution is 2.26. The molecule has 4 heteroatoms. The molecule has 19 heavy (non-hydrogen) atoms. The zero-order chi connectivity index (χ0) is 13.2. The van der Waals surface area contributed by atoms with E-state index < -0.39 is 0 Å². The zero-order valence-electron chi connectivity index (χ0n) is 10.6. The first-order valence-electron chi connectivity index (χ1n) is 6.09. The minimum absolute atomic E-state index is 0.645. The maximum atomic E-state index is 6.15. The van der Waals surface area contributed by atoms with Gasteiger partial charge in [0.05, 0.1) is 11.4 Å². The molecule has 3 aromatic rings. The lowest BCUT2D eigenvalue weighted by atomic mass is 10.2. The first-order chi connectivity index (χ1) is 9.27. The number of hydrogen-bond donors (Lipinski definition) is 1. The van der Waals surface area contributed by atoms with Crippen LogP contribution in [0.15, 0.2) is 54.7 Å². The van der Waals surface area contributed by atoms with Crippen LogP contribution >= 0.6 is 0 Å². The Bertz CT molecular complexity index is 627. The molecule has 0 aliphatic rings. The summed E-state index contributed by atoms with van der Waals surface area (Å²) in [5.41, 5.74) is 9.70. The highest BCUT2D eigenvalue weighted by Gasteiger charge is 2.14. The van der Waals surface area contributed by atoms with E-state index in [1.807, 2.05) is 55.5 Å². The van der Waals surface area contributed by atoms with Crippen molar-refractivity contribution in [2.45, 2.75) is 6.92 Å². The number of rotatable bonds is 2. The highest BCUT2D eigenvalue weighted by atomic mass is 15.3. The van der Waals surface area contributed by atoms with E-state index in [1.165, 1.54) is 0 Å². The van der Waals surface area contributed by atoms with Gasteiger partial charge in [-0.1, -0.05) is 24.3 Å². The molecule has 0 radical (unpaired) electrons. The van der Waals surface area contributed by atoms with Gasteiger partial charge in [-0.2, -0.15) is 5.10 Å². The molecular formula is C15H14N4. The standard InChI is InChI=1S/C15H14N4/c1-11-14(13-9-5-6-10-17-13)18-19(15(11)16)12-7-3-2-4-8-12/h2-10H,16H2,1H3. The molecular weight excluding hydrogens is 236 g/mol. The maximum Gasteiger partial charge on any atom is 0.130 e. The SMILES string of the molecule is Cc1c(-c2ccccn2)nn(-c2ccccc2)c1N. The Morgan fingerprint density at radius 2 is 1.74 bits per heavy atom. The quantitative estimate of drug-likeness (QED) is 0.760. The van der Waals surface area contributed by atoms with Gasteiger partial charge in [0.2, 0.25) is 0 Å². The number of para-hydroxylation sites is 1. The molecule has 0 bridgehead atoms. The van der Waals surface area contributed by atoms with Gasteiger partial charge in [0.1, 0.15) is 11.5 Å². The molecule has 0 spiro atoms. The first-order valence-corrected chi connectivity index (χ1v) is 6.09. The third kappa shape index (κ3) is 1.97. The number of hydrogen-bond acceptors (Lipinski definition) is 3. The largest absolute Gasteiger partial charge is 0.383 e. The van der Waals surface area contributed by atoms with E-state index in [0.717, 1.165) is 22.6 Å². The maximum absolute atomic E-state index is 6.15. The molecule has 0 amide bonds. The molecule has 4 nitrogen and oxygen atoms in total. The number of pyridine rings is 1. The number of aromatic nitrogens is 3. The lowest BCUT2D eigenvalue weighted by Crippen LogP contribution is -2.01. The van der Waals surface area contributed by atoms with Gasteiger partial charge in [0.15, 0.2) is 0 Å². The average Bonchev–Trinajstić information content (AvgIpc) is 2.77. The van der Waals surface area contributed by atoms with Crippen LogP contribution < -0.4 is 5.73 Å². The molecule has 0 saturated heterocycles. The normalized spacial score (nSPS) is 10.6. The highest BCUT2D eigenvalue weighted by molar-refractivity contribution is 5.66. The van der Waals surface area contributed by atoms with Crippen molar-refractivity contribution in [3.8, 4) is 17.1 Å². The summed E-state index contributed by atoms with van der Waals surface area (Å²) in [7, 11) is 0. The van der Waals surface area contributed by atoms with Crippen LogP contribution in [0.5, 0.6) is 0 Å². The zero-order valence-corrected chi connectivity index (χ0v) is 10.6. The topological polar surface area (TPSA) is 56.7 Å². The summed E-state index contributed by atoms with van der Waals surface area (Å²) in [5, 5.41) is 4.58. The Morgan fingerprint density at radius 3 is 2.42 bits per heavy atom. The fraction of sp³-hybridized carbons (Fsp3) is 0.0667. The van der Waals surface area contributed by atoms with Gasteiger partial charge >= 0.3 is 0 Å². The third-order valence-electron chi connectivity index (χ3n) is 3.08. The van der Waals surface area contributed by atoms with Crippen LogP contribution in [-0.4, -0.2) is 14.8 Å². The Morgan fingerprint density at radius 1 is 1.00 bits per heavy atom. The minimum Gasteiger partial charge on any atom is -0.383 e. The molecule has 0 unspecified atom stereocenters. The number of anilines is 1. The van der Waals surface area contributed by atoms with Crippen molar-refractivity contribution in [1.29, 1.82) is 0 Å². The molecule has 0 atom stereocenters. The lowest BCUT2D eigenvalue weighted by Gasteiger charge is -2.02. The lowest BCUT2D eigenvalue weighted by molar-refractivity contribution is 0.893. The number of benzene rings is 1. The van der Waals surface area contributed by atoms with Gasteiger partial charge in [-0.15, -0.1) is 0 Å². The van der Waals surface area contributed by atoms with Gasteiger partial charge < -0.3 is 5.73 Å². The van der Waals surface area contributed by atoms with Gasteiger partial charge in [-0.25, -0.2) is 4.68 Å². The van der Waals surface area contributed by atoms with Crippen molar-refractivity contribution in [3.05, 3.63) is 60.3 Å². The number of nitrogens with zero attached hydrogens (tertiary/aromatic N) is 3. The van der Waals surface area contributed by atoms with Crippen LogP contribution in [0.25, 0.3) is 17.1 Å². The van der Waals surface area contributed by atoms with E-state index >= 15 is 0 Å². The van der Waals surface area contributed by atoms with Crippen molar-refractivity contribution >= 4 is 5.82 Å². The van der Waals surface area contributed by atoms with Crippen LogP contribution in [0, 0.1) is 6.92 Å². The number of nitrogen functional groups attached to an aromatic ring is 1. The van der Waals surface area contributed by atoms with Crippen molar-refractivity contribution in [2.24, 2.45) is 0 Å². The van der Waals surface area contributed by atoms with Gasteiger partial charge in [0.25, 0.3) is 0 Å². The van der Waals surface area contributed by atoms with Crippen LogP contribution in [0.1, 0.15) is 5.56 Å². The fourth-order valence-corrected chi connectivity index (χ4v) is 2.02. The molecule has 94 valence electrons. The van der Waals surface area contributed by atoms with E-state index in [2.05, 4.69) is 10.1 Å². The van der Waals surface area contributed by atoms with Crippen molar-refractivity contribution in [2.75, 3.05) is 5.73 Å². The predicted octanol–water partition coefficient (Wildman–Crippen LogP) is 2.82. The van der Waals surface area contributed by atoms with E-state index in [9.17, 15) is 0 Å². The molecule has 3 rings (SSSR count). The molecule has 0 fully saturated rings. The van der Waals surface area contributed by atoms with E-state index in [4.69, 9.17) is 5.73 Å².